The molecule has 2 saturated heterocycles. The van der Waals surface area contributed by atoms with Gasteiger partial charge in [0.05, 0.1) is 6.04 Å². The third kappa shape index (κ3) is 2.61. The van der Waals surface area contributed by atoms with E-state index in [9.17, 15) is 0 Å². The van der Waals surface area contributed by atoms with Crippen LogP contribution in [-0.2, 0) is 17.7 Å². The highest BCUT2D eigenvalue weighted by Gasteiger charge is 2.38. The Morgan fingerprint density at radius 1 is 0.905 bits per heavy atom. The number of hydrogen-bond donors (Lipinski definition) is 0. The zero-order valence-corrected chi connectivity index (χ0v) is 12.8. The van der Waals surface area contributed by atoms with E-state index in [0.29, 0.717) is 12.1 Å². The summed E-state index contributed by atoms with van der Waals surface area (Å²) in [6.45, 7) is 4.19. The first-order valence-corrected chi connectivity index (χ1v) is 8.69. The predicted molar refractivity (Wildman–Crippen MR) is 80.1 cm³/mol. The molecule has 0 saturated carbocycles. The molecule has 0 aromatic carbocycles. The minimum Gasteiger partial charge on any atom is -0.381 e. The molecular weight excluding hydrogens is 264 g/mol. The summed E-state index contributed by atoms with van der Waals surface area (Å²) in [5.41, 5.74) is 0. The number of hydrogen-bond acceptors (Lipinski definition) is 4. The van der Waals surface area contributed by atoms with E-state index in [2.05, 4.69) is 19.7 Å². The van der Waals surface area contributed by atoms with Crippen molar-refractivity contribution in [2.24, 2.45) is 0 Å². The van der Waals surface area contributed by atoms with E-state index in [-0.39, 0.29) is 0 Å². The summed E-state index contributed by atoms with van der Waals surface area (Å²) in [5.74, 6) is 2.47. The Bertz CT molecular complexity index is 481. The summed E-state index contributed by atoms with van der Waals surface area (Å²) < 4.78 is 7.95. The lowest BCUT2D eigenvalue weighted by Crippen LogP contribution is -2.50. The van der Waals surface area contributed by atoms with Gasteiger partial charge in [-0.2, -0.15) is 0 Å². The Balaban J connectivity index is 1.53. The van der Waals surface area contributed by atoms with Crippen LogP contribution >= 0.6 is 0 Å². The van der Waals surface area contributed by atoms with Crippen LogP contribution < -0.4 is 0 Å². The van der Waals surface area contributed by atoms with E-state index in [0.717, 1.165) is 26.2 Å². The molecule has 1 atom stereocenters. The number of likely N-dealkylation sites (tertiary alicyclic amines) is 1. The summed E-state index contributed by atoms with van der Waals surface area (Å²) in [4.78, 5) is 2.65. The van der Waals surface area contributed by atoms with Crippen molar-refractivity contribution in [3.63, 3.8) is 0 Å². The molecule has 0 spiro atoms. The molecule has 3 aliphatic heterocycles. The lowest BCUT2D eigenvalue weighted by Gasteiger charge is -2.46. The molecule has 2 fully saturated rings. The molecule has 1 unspecified atom stereocenters. The first kappa shape index (κ1) is 13.7. The van der Waals surface area contributed by atoms with Crippen LogP contribution in [0.2, 0.25) is 0 Å². The maximum Gasteiger partial charge on any atom is 0.150 e. The van der Waals surface area contributed by atoms with Gasteiger partial charge in [0, 0.05) is 38.8 Å². The Labute approximate surface area is 126 Å². The third-order valence-electron chi connectivity index (χ3n) is 5.41. The molecule has 0 aliphatic carbocycles. The van der Waals surface area contributed by atoms with Crippen molar-refractivity contribution in [2.45, 2.75) is 70.0 Å². The smallest absolute Gasteiger partial charge is 0.150 e. The van der Waals surface area contributed by atoms with Crippen molar-refractivity contribution in [1.29, 1.82) is 0 Å². The first-order chi connectivity index (χ1) is 10.4. The van der Waals surface area contributed by atoms with Gasteiger partial charge in [-0.25, -0.2) is 0 Å². The summed E-state index contributed by atoms with van der Waals surface area (Å²) in [6, 6.07) is 1.20. The van der Waals surface area contributed by atoms with Crippen LogP contribution in [-0.4, -0.2) is 45.5 Å². The van der Waals surface area contributed by atoms with Crippen molar-refractivity contribution >= 4 is 0 Å². The highest BCUT2D eigenvalue weighted by Crippen LogP contribution is 2.37. The van der Waals surface area contributed by atoms with E-state index in [1.165, 1.54) is 63.1 Å². The van der Waals surface area contributed by atoms with Crippen molar-refractivity contribution in [3.8, 4) is 0 Å². The number of aromatic nitrogens is 3. The van der Waals surface area contributed by atoms with Gasteiger partial charge in [-0.1, -0.05) is 12.8 Å². The zero-order valence-electron chi connectivity index (χ0n) is 12.8. The fourth-order valence-corrected chi connectivity index (χ4v) is 4.07. The highest BCUT2D eigenvalue weighted by molar-refractivity contribution is 5.07. The van der Waals surface area contributed by atoms with Gasteiger partial charge in [0.25, 0.3) is 0 Å². The summed E-state index contributed by atoms with van der Waals surface area (Å²) in [6.07, 6.45) is 9.96. The van der Waals surface area contributed by atoms with E-state index < -0.39 is 0 Å². The molecule has 4 heterocycles. The molecule has 5 heteroatoms. The second-order valence-corrected chi connectivity index (χ2v) is 6.68. The molecule has 3 aliphatic rings. The number of ether oxygens (including phenoxy) is 1. The molecule has 1 aromatic heterocycles. The molecule has 0 bridgehead atoms. The molecule has 21 heavy (non-hydrogen) atoms. The van der Waals surface area contributed by atoms with Crippen LogP contribution in [0.5, 0.6) is 0 Å². The third-order valence-corrected chi connectivity index (χ3v) is 5.41. The van der Waals surface area contributed by atoms with Crippen molar-refractivity contribution in [3.05, 3.63) is 11.6 Å². The molecule has 0 amide bonds. The van der Waals surface area contributed by atoms with Crippen LogP contribution in [0.25, 0.3) is 0 Å². The Morgan fingerprint density at radius 2 is 1.76 bits per heavy atom. The number of nitrogens with zero attached hydrogens (tertiary/aromatic N) is 4. The standard InChI is InChI=1S/C16H26N4O/c1-2-4-9-20-15(5-3-1)17-18-16(20)14-6-10-19(14)13-7-11-21-12-8-13/h13-14H,1-12H2. The van der Waals surface area contributed by atoms with E-state index >= 15 is 0 Å². The Hall–Kier alpha value is -0.940. The number of rotatable bonds is 2. The van der Waals surface area contributed by atoms with Crippen LogP contribution in [0.4, 0.5) is 0 Å². The van der Waals surface area contributed by atoms with Gasteiger partial charge in [0.2, 0.25) is 0 Å². The van der Waals surface area contributed by atoms with Gasteiger partial charge >= 0.3 is 0 Å². The van der Waals surface area contributed by atoms with Gasteiger partial charge in [-0.15, -0.1) is 10.2 Å². The lowest BCUT2D eigenvalue weighted by atomic mass is 9.95. The Morgan fingerprint density at radius 3 is 2.57 bits per heavy atom. The maximum atomic E-state index is 5.51. The molecule has 1 aromatic rings. The quantitative estimate of drug-likeness (QED) is 0.838. The van der Waals surface area contributed by atoms with Gasteiger partial charge in [-0.3, -0.25) is 4.90 Å². The van der Waals surface area contributed by atoms with Crippen molar-refractivity contribution in [1.82, 2.24) is 19.7 Å². The van der Waals surface area contributed by atoms with Crippen molar-refractivity contribution < 1.29 is 4.74 Å². The minimum absolute atomic E-state index is 0.508. The molecule has 0 radical (unpaired) electrons. The fourth-order valence-electron chi connectivity index (χ4n) is 4.07. The van der Waals surface area contributed by atoms with Crippen LogP contribution in [0.1, 0.15) is 62.6 Å². The maximum absolute atomic E-state index is 5.51. The van der Waals surface area contributed by atoms with Crippen LogP contribution in [0, 0.1) is 0 Å². The molecule has 0 N–H and O–H groups in total. The zero-order chi connectivity index (χ0) is 14.1. The summed E-state index contributed by atoms with van der Waals surface area (Å²) in [7, 11) is 0. The largest absolute Gasteiger partial charge is 0.381 e. The predicted octanol–water partition coefficient (Wildman–Crippen LogP) is 2.32. The molecule has 4 rings (SSSR count). The second-order valence-electron chi connectivity index (χ2n) is 6.68. The highest BCUT2D eigenvalue weighted by atomic mass is 16.5. The first-order valence-electron chi connectivity index (χ1n) is 8.69. The van der Waals surface area contributed by atoms with Gasteiger partial charge in [0.1, 0.15) is 11.6 Å². The monoisotopic (exact) mass is 290 g/mol. The number of fused-ring (bicyclic) bond motifs is 1. The lowest BCUT2D eigenvalue weighted by molar-refractivity contribution is -0.0283. The SMILES string of the molecule is C1CCCn2c(nnc2C2CCN2C2CCOCC2)CC1. The van der Waals surface area contributed by atoms with Gasteiger partial charge in [-0.05, 0) is 32.1 Å². The topological polar surface area (TPSA) is 43.2 Å². The minimum atomic E-state index is 0.508. The average molecular weight is 290 g/mol. The second kappa shape index (κ2) is 6.05. The fraction of sp³-hybridized carbons (Fsp3) is 0.875. The Kier molecular flexibility index (Phi) is 3.95. The molecule has 5 nitrogen and oxygen atoms in total. The average Bonchev–Trinajstić information content (AvgIpc) is 2.80. The van der Waals surface area contributed by atoms with E-state index in [4.69, 9.17) is 4.74 Å². The van der Waals surface area contributed by atoms with Crippen LogP contribution in [0.15, 0.2) is 0 Å². The van der Waals surface area contributed by atoms with Crippen molar-refractivity contribution in [2.75, 3.05) is 19.8 Å². The summed E-state index contributed by atoms with van der Waals surface area (Å²) >= 11 is 0. The molecular formula is C16H26N4O. The summed E-state index contributed by atoms with van der Waals surface area (Å²) in [5, 5.41) is 9.09. The normalized spacial score (nSPS) is 28.5. The van der Waals surface area contributed by atoms with Crippen LogP contribution in [0.3, 0.4) is 0 Å². The van der Waals surface area contributed by atoms with Gasteiger partial charge < -0.3 is 9.30 Å². The van der Waals surface area contributed by atoms with E-state index in [1.807, 2.05) is 0 Å². The molecule has 116 valence electrons. The number of aryl methyl sites for hydroxylation is 1. The van der Waals surface area contributed by atoms with Gasteiger partial charge in [0.15, 0.2) is 0 Å². The van der Waals surface area contributed by atoms with E-state index in [1.54, 1.807) is 0 Å².